The van der Waals surface area contributed by atoms with E-state index in [9.17, 15) is 4.39 Å². The van der Waals surface area contributed by atoms with Gasteiger partial charge < -0.3 is 10.5 Å². The van der Waals surface area contributed by atoms with Crippen molar-refractivity contribution in [3.8, 4) is 5.75 Å². The Morgan fingerprint density at radius 2 is 2.17 bits per heavy atom. The van der Waals surface area contributed by atoms with Crippen molar-refractivity contribution in [2.45, 2.75) is 5.92 Å². The molecule has 1 aromatic carbocycles. The lowest BCUT2D eigenvalue weighted by atomic mass is 9.97. The first-order chi connectivity index (χ1) is 8.65. The number of methoxy groups -OCH3 is 1. The summed E-state index contributed by atoms with van der Waals surface area (Å²) in [6, 6.07) is 8.96. The molecule has 1 heterocycles. The first kappa shape index (κ1) is 13.5. The number of benzene rings is 1. The van der Waals surface area contributed by atoms with E-state index in [1.165, 1.54) is 13.2 Å². The van der Waals surface area contributed by atoms with Crippen LogP contribution < -0.4 is 10.5 Å². The van der Waals surface area contributed by atoms with Crippen LogP contribution in [0.1, 0.15) is 16.4 Å². The molecule has 18 heavy (non-hydrogen) atoms. The van der Waals surface area contributed by atoms with Crippen LogP contribution in [0.15, 0.2) is 34.1 Å². The zero-order valence-electron chi connectivity index (χ0n) is 9.82. The molecule has 0 saturated carbocycles. The SMILES string of the molecule is COc1ccc(C(CN)c2ccc(Br)s2)cc1F. The second kappa shape index (κ2) is 5.82. The molecule has 0 fully saturated rings. The summed E-state index contributed by atoms with van der Waals surface area (Å²) in [7, 11) is 1.45. The number of halogens is 2. The van der Waals surface area contributed by atoms with E-state index >= 15 is 0 Å². The van der Waals surface area contributed by atoms with Gasteiger partial charge in [-0.05, 0) is 45.8 Å². The Balaban J connectivity index is 2.36. The van der Waals surface area contributed by atoms with Crippen molar-refractivity contribution in [1.82, 2.24) is 0 Å². The molecule has 5 heteroatoms. The Labute approximate surface area is 118 Å². The molecule has 0 bridgehead atoms. The van der Waals surface area contributed by atoms with Crippen molar-refractivity contribution < 1.29 is 9.13 Å². The van der Waals surface area contributed by atoms with Crippen molar-refractivity contribution in [2.75, 3.05) is 13.7 Å². The fourth-order valence-corrected chi connectivity index (χ4v) is 3.40. The highest BCUT2D eigenvalue weighted by atomic mass is 79.9. The molecule has 0 radical (unpaired) electrons. The fourth-order valence-electron chi connectivity index (χ4n) is 1.83. The zero-order chi connectivity index (χ0) is 13.1. The summed E-state index contributed by atoms with van der Waals surface area (Å²) in [5, 5.41) is 0. The van der Waals surface area contributed by atoms with Crippen molar-refractivity contribution in [3.63, 3.8) is 0 Å². The summed E-state index contributed by atoms with van der Waals surface area (Å²) in [4.78, 5) is 1.12. The van der Waals surface area contributed by atoms with Gasteiger partial charge in [0.2, 0.25) is 0 Å². The molecule has 1 unspecified atom stereocenters. The van der Waals surface area contributed by atoms with Crippen LogP contribution in [0, 0.1) is 5.82 Å². The number of ether oxygens (including phenoxy) is 1. The molecule has 0 aliphatic rings. The third-order valence-corrected chi connectivity index (χ3v) is 4.49. The summed E-state index contributed by atoms with van der Waals surface area (Å²) in [6.45, 7) is 0.443. The van der Waals surface area contributed by atoms with Gasteiger partial charge in [-0.3, -0.25) is 0 Å². The van der Waals surface area contributed by atoms with Gasteiger partial charge in [0.15, 0.2) is 11.6 Å². The molecule has 2 nitrogen and oxygen atoms in total. The summed E-state index contributed by atoms with van der Waals surface area (Å²) < 4.78 is 19.7. The zero-order valence-corrected chi connectivity index (χ0v) is 12.2. The Kier molecular flexibility index (Phi) is 4.37. The number of thiophene rings is 1. The maximum atomic E-state index is 13.7. The third-order valence-electron chi connectivity index (χ3n) is 2.75. The number of hydrogen-bond acceptors (Lipinski definition) is 3. The van der Waals surface area contributed by atoms with Crippen molar-refractivity contribution in [2.24, 2.45) is 5.73 Å². The lowest BCUT2D eigenvalue weighted by molar-refractivity contribution is 0.386. The van der Waals surface area contributed by atoms with Gasteiger partial charge in [-0.15, -0.1) is 11.3 Å². The average molecular weight is 330 g/mol. The molecule has 0 saturated heterocycles. The molecule has 96 valence electrons. The van der Waals surface area contributed by atoms with Gasteiger partial charge in [-0.1, -0.05) is 6.07 Å². The summed E-state index contributed by atoms with van der Waals surface area (Å²) >= 11 is 5.04. The van der Waals surface area contributed by atoms with E-state index in [4.69, 9.17) is 10.5 Å². The summed E-state index contributed by atoms with van der Waals surface area (Å²) in [5.74, 6) is -0.0901. The molecule has 2 N–H and O–H groups in total. The van der Waals surface area contributed by atoms with E-state index in [0.29, 0.717) is 6.54 Å². The standard InChI is InChI=1S/C13H13BrFNOS/c1-17-11-3-2-8(6-10(11)15)9(7-16)12-4-5-13(14)18-12/h2-6,9H,7,16H2,1H3. The van der Waals surface area contributed by atoms with Crippen LogP contribution in [0.25, 0.3) is 0 Å². The monoisotopic (exact) mass is 329 g/mol. The molecule has 2 rings (SSSR count). The highest BCUT2D eigenvalue weighted by Crippen LogP contribution is 2.33. The van der Waals surface area contributed by atoms with Crippen LogP contribution in [0.2, 0.25) is 0 Å². The Morgan fingerprint density at radius 1 is 1.39 bits per heavy atom. The Morgan fingerprint density at radius 3 is 2.67 bits per heavy atom. The lowest BCUT2D eigenvalue weighted by Crippen LogP contribution is -2.13. The summed E-state index contributed by atoms with van der Waals surface area (Å²) in [6.07, 6.45) is 0. The minimum absolute atomic E-state index is 0.0155. The van der Waals surface area contributed by atoms with Crippen LogP contribution in [-0.4, -0.2) is 13.7 Å². The highest BCUT2D eigenvalue weighted by Gasteiger charge is 2.16. The van der Waals surface area contributed by atoms with Gasteiger partial charge in [0, 0.05) is 17.3 Å². The molecular weight excluding hydrogens is 317 g/mol. The van der Waals surface area contributed by atoms with Crippen molar-refractivity contribution >= 4 is 27.3 Å². The normalized spacial score (nSPS) is 12.4. The maximum absolute atomic E-state index is 13.7. The number of nitrogens with two attached hydrogens (primary N) is 1. The predicted molar refractivity (Wildman–Crippen MR) is 75.9 cm³/mol. The second-order valence-electron chi connectivity index (χ2n) is 3.82. The number of hydrogen-bond donors (Lipinski definition) is 1. The first-order valence-electron chi connectivity index (χ1n) is 5.44. The van der Waals surface area contributed by atoms with Gasteiger partial charge in [-0.25, -0.2) is 4.39 Å². The van der Waals surface area contributed by atoms with E-state index in [2.05, 4.69) is 15.9 Å². The van der Waals surface area contributed by atoms with Crippen LogP contribution >= 0.6 is 27.3 Å². The largest absolute Gasteiger partial charge is 0.494 e. The Hall–Kier alpha value is -0.910. The minimum Gasteiger partial charge on any atom is -0.494 e. The average Bonchev–Trinajstić information content (AvgIpc) is 2.77. The Bertz CT molecular complexity index is 544. The van der Waals surface area contributed by atoms with Gasteiger partial charge in [-0.2, -0.15) is 0 Å². The van der Waals surface area contributed by atoms with Gasteiger partial charge >= 0.3 is 0 Å². The maximum Gasteiger partial charge on any atom is 0.165 e. The first-order valence-corrected chi connectivity index (χ1v) is 7.05. The van der Waals surface area contributed by atoms with Crippen LogP contribution in [-0.2, 0) is 0 Å². The third kappa shape index (κ3) is 2.74. The van der Waals surface area contributed by atoms with Gasteiger partial charge in [0.25, 0.3) is 0 Å². The van der Waals surface area contributed by atoms with Crippen molar-refractivity contribution in [3.05, 3.63) is 50.4 Å². The van der Waals surface area contributed by atoms with E-state index in [1.807, 2.05) is 18.2 Å². The molecule has 1 aromatic heterocycles. The fraction of sp³-hybridized carbons (Fsp3) is 0.231. The van der Waals surface area contributed by atoms with Crippen LogP contribution in [0.3, 0.4) is 0 Å². The van der Waals surface area contributed by atoms with Crippen LogP contribution in [0.5, 0.6) is 5.75 Å². The molecule has 2 aromatic rings. The second-order valence-corrected chi connectivity index (χ2v) is 6.32. The smallest absolute Gasteiger partial charge is 0.165 e. The lowest BCUT2D eigenvalue weighted by Gasteiger charge is -2.14. The van der Waals surface area contributed by atoms with Gasteiger partial charge in [0.1, 0.15) is 0 Å². The number of rotatable bonds is 4. The van der Waals surface area contributed by atoms with E-state index in [-0.39, 0.29) is 17.5 Å². The van der Waals surface area contributed by atoms with Crippen molar-refractivity contribution in [1.29, 1.82) is 0 Å². The molecule has 0 aliphatic carbocycles. The van der Waals surface area contributed by atoms with E-state index < -0.39 is 0 Å². The summed E-state index contributed by atoms with van der Waals surface area (Å²) in [5.41, 5.74) is 6.67. The molecule has 0 amide bonds. The quantitative estimate of drug-likeness (QED) is 0.927. The molecule has 0 spiro atoms. The predicted octanol–water partition coefficient (Wildman–Crippen LogP) is 3.75. The topological polar surface area (TPSA) is 35.2 Å². The molecular formula is C13H13BrFNOS. The van der Waals surface area contributed by atoms with E-state index in [0.717, 1.165) is 14.2 Å². The molecule has 1 atom stereocenters. The van der Waals surface area contributed by atoms with Crippen LogP contribution in [0.4, 0.5) is 4.39 Å². The highest BCUT2D eigenvalue weighted by molar-refractivity contribution is 9.11. The molecule has 0 aliphatic heterocycles. The minimum atomic E-state index is -0.357. The van der Waals surface area contributed by atoms with E-state index in [1.54, 1.807) is 17.4 Å². The van der Waals surface area contributed by atoms with Gasteiger partial charge in [0.05, 0.1) is 10.9 Å².